The van der Waals surface area contributed by atoms with Gasteiger partial charge in [0.1, 0.15) is 0 Å². The highest BCUT2D eigenvalue weighted by atomic mass is 35.5. The van der Waals surface area contributed by atoms with Crippen LogP contribution < -0.4 is 0 Å². The van der Waals surface area contributed by atoms with Gasteiger partial charge < -0.3 is 9.30 Å². The van der Waals surface area contributed by atoms with Gasteiger partial charge in [-0.05, 0) is 59.8 Å². The molecular weight excluding hydrogens is 494 g/mol. The number of para-hydroxylation sites is 1. The summed E-state index contributed by atoms with van der Waals surface area (Å²) in [6.45, 7) is 0.686. The van der Waals surface area contributed by atoms with E-state index in [1.54, 1.807) is 31.3 Å². The van der Waals surface area contributed by atoms with E-state index in [9.17, 15) is 9.59 Å². The van der Waals surface area contributed by atoms with E-state index in [0.29, 0.717) is 32.9 Å². The average Bonchev–Trinajstić information content (AvgIpc) is 3.37. The molecule has 0 radical (unpaired) electrons. The van der Waals surface area contributed by atoms with Crippen LogP contribution in [0.15, 0.2) is 88.9 Å². The molecule has 1 saturated heterocycles. The molecule has 180 valence electrons. The normalized spacial score (nSPS) is 15.9. The van der Waals surface area contributed by atoms with Gasteiger partial charge in [0.25, 0.3) is 5.91 Å². The molecule has 0 atom stereocenters. The van der Waals surface area contributed by atoms with E-state index in [2.05, 4.69) is 27.9 Å². The van der Waals surface area contributed by atoms with E-state index in [4.69, 9.17) is 16.3 Å². The van der Waals surface area contributed by atoms with Gasteiger partial charge in [0.2, 0.25) is 0 Å². The number of hydrogen-bond donors (Lipinski definition) is 0. The van der Waals surface area contributed by atoms with Crippen LogP contribution in [0.1, 0.15) is 21.5 Å². The van der Waals surface area contributed by atoms with Gasteiger partial charge >= 0.3 is 5.97 Å². The number of halogens is 1. The predicted molar refractivity (Wildman–Crippen MR) is 146 cm³/mol. The number of rotatable bonds is 5. The molecular formula is C28H22ClN3O3S. The van der Waals surface area contributed by atoms with Crippen LogP contribution in [0.2, 0.25) is 5.02 Å². The highest BCUT2D eigenvalue weighted by Crippen LogP contribution is 2.35. The van der Waals surface area contributed by atoms with E-state index < -0.39 is 5.97 Å². The summed E-state index contributed by atoms with van der Waals surface area (Å²) in [6, 6.07) is 22.8. The van der Waals surface area contributed by atoms with Gasteiger partial charge in [-0.3, -0.25) is 9.69 Å². The molecule has 8 heteroatoms. The summed E-state index contributed by atoms with van der Waals surface area (Å²) in [4.78, 5) is 31.6. The lowest BCUT2D eigenvalue weighted by molar-refractivity contribution is -0.121. The number of aliphatic imine (C=N–C) groups is 1. The van der Waals surface area contributed by atoms with E-state index in [1.807, 2.05) is 42.5 Å². The molecule has 0 bridgehead atoms. The number of benzene rings is 3. The quantitative estimate of drug-likeness (QED) is 0.229. The van der Waals surface area contributed by atoms with E-state index in [0.717, 1.165) is 22.0 Å². The van der Waals surface area contributed by atoms with Gasteiger partial charge in [-0.15, -0.1) is 0 Å². The fourth-order valence-electron chi connectivity index (χ4n) is 4.03. The van der Waals surface area contributed by atoms with Crippen LogP contribution in [0.3, 0.4) is 0 Å². The lowest BCUT2D eigenvalue weighted by Gasteiger charge is -2.07. The number of methoxy groups -OCH3 is 1. The Morgan fingerprint density at radius 3 is 2.64 bits per heavy atom. The third kappa shape index (κ3) is 4.80. The maximum Gasteiger partial charge on any atom is 0.337 e. The van der Waals surface area contributed by atoms with Crippen molar-refractivity contribution in [2.75, 3.05) is 14.2 Å². The highest BCUT2D eigenvalue weighted by molar-refractivity contribution is 8.18. The third-order valence-corrected chi connectivity index (χ3v) is 7.18. The summed E-state index contributed by atoms with van der Waals surface area (Å²) in [5.41, 5.74) is 4.14. The second kappa shape index (κ2) is 10.0. The van der Waals surface area contributed by atoms with Crippen LogP contribution in [-0.2, 0) is 16.1 Å². The first-order valence-corrected chi connectivity index (χ1v) is 12.4. The Balaban J connectivity index is 1.47. The van der Waals surface area contributed by atoms with Crippen molar-refractivity contribution in [1.82, 2.24) is 9.47 Å². The Hall–Kier alpha value is -3.81. The predicted octanol–water partition coefficient (Wildman–Crippen LogP) is 6.36. The van der Waals surface area contributed by atoms with Crippen molar-refractivity contribution in [1.29, 1.82) is 0 Å². The molecule has 0 aliphatic carbocycles. The average molecular weight is 516 g/mol. The van der Waals surface area contributed by atoms with Crippen molar-refractivity contribution in [3.63, 3.8) is 0 Å². The Morgan fingerprint density at radius 1 is 1.08 bits per heavy atom. The lowest BCUT2D eigenvalue weighted by Crippen LogP contribution is -2.23. The van der Waals surface area contributed by atoms with Crippen molar-refractivity contribution in [2.45, 2.75) is 6.54 Å². The topological polar surface area (TPSA) is 63.9 Å². The molecule has 3 aromatic carbocycles. The van der Waals surface area contributed by atoms with Crippen molar-refractivity contribution in [2.24, 2.45) is 4.99 Å². The number of aromatic nitrogens is 1. The number of carbonyl (C=O) groups is 2. The summed E-state index contributed by atoms with van der Waals surface area (Å²) >= 11 is 7.35. The maximum atomic E-state index is 13.1. The Bertz CT molecular complexity index is 1540. The molecule has 0 N–H and O–H groups in total. The first-order chi connectivity index (χ1) is 17.4. The largest absolute Gasteiger partial charge is 0.465 e. The number of nitrogens with zero attached hydrogens (tertiary/aromatic N) is 3. The van der Waals surface area contributed by atoms with E-state index in [1.165, 1.54) is 23.8 Å². The number of carbonyl (C=O) groups excluding carboxylic acids is 2. The van der Waals surface area contributed by atoms with Crippen LogP contribution in [-0.4, -0.2) is 40.7 Å². The number of hydrogen-bond acceptors (Lipinski definition) is 5. The smallest absolute Gasteiger partial charge is 0.337 e. The zero-order chi connectivity index (χ0) is 25.2. The van der Waals surface area contributed by atoms with E-state index in [-0.39, 0.29) is 5.91 Å². The van der Waals surface area contributed by atoms with Crippen molar-refractivity contribution >= 4 is 63.1 Å². The molecule has 6 nitrogen and oxygen atoms in total. The molecule has 1 aliphatic rings. The first-order valence-electron chi connectivity index (χ1n) is 11.2. The number of likely N-dealkylation sites (N-methyl/N-ethyl adjacent to an activating group) is 1. The van der Waals surface area contributed by atoms with Crippen LogP contribution in [0.5, 0.6) is 0 Å². The molecule has 5 rings (SSSR count). The number of fused-ring (bicyclic) bond motifs is 1. The molecule has 2 heterocycles. The number of amides is 1. The summed E-state index contributed by atoms with van der Waals surface area (Å²) in [5, 5.41) is 2.31. The molecule has 1 aromatic heterocycles. The fourth-order valence-corrected chi connectivity index (χ4v) is 5.13. The van der Waals surface area contributed by atoms with Gasteiger partial charge in [-0.1, -0.05) is 48.0 Å². The summed E-state index contributed by atoms with van der Waals surface area (Å²) in [7, 11) is 3.03. The maximum absolute atomic E-state index is 13.1. The minimum Gasteiger partial charge on any atom is -0.465 e. The summed E-state index contributed by atoms with van der Waals surface area (Å²) in [5.74, 6) is -0.562. The second-order valence-corrected chi connectivity index (χ2v) is 9.71. The minimum atomic E-state index is -0.434. The van der Waals surface area contributed by atoms with Crippen LogP contribution in [0.25, 0.3) is 17.0 Å². The molecule has 0 unspecified atom stereocenters. The molecule has 1 aliphatic heterocycles. The zero-order valence-corrected chi connectivity index (χ0v) is 21.2. The molecule has 1 fully saturated rings. The van der Waals surface area contributed by atoms with Gasteiger partial charge in [-0.2, -0.15) is 0 Å². The van der Waals surface area contributed by atoms with Crippen molar-refractivity contribution in [3.05, 3.63) is 106 Å². The number of ether oxygens (including phenoxy) is 1. The van der Waals surface area contributed by atoms with E-state index >= 15 is 0 Å². The highest BCUT2D eigenvalue weighted by Gasteiger charge is 2.30. The Kier molecular flexibility index (Phi) is 6.67. The van der Waals surface area contributed by atoms with Crippen LogP contribution in [0, 0.1) is 0 Å². The number of amidine groups is 1. The monoisotopic (exact) mass is 515 g/mol. The van der Waals surface area contributed by atoms with Crippen molar-refractivity contribution < 1.29 is 14.3 Å². The summed E-state index contributed by atoms with van der Waals surface area (Å²) in [6.07, 6.45) is 3.98. The SMILES string of the molecule is COC(=O)c1cccc(N=C2SC(=Cc3cn(Cc4ccc(Cl)cc4)c4ccccc34)C(=O)N2C)c1. The Labute approximate surface area is 217 Å². The van der Waals surface area contributed by atoms with Crippen LogP contribution >= 0.6 is 23.4 Å². The Morgan fingerprint density at radius 2 is 1.86 bits per heavy atom. The lowest BCUT2D eigenvalue weighted by atomic mass is 10.1. The van der Waals surface area contributed by atoms with Crippen molar-refractivity contribution in [3.8, 4) is 0 Å². The molecule has 0 spiro atoms. The summed E-state index contributed by atoms with van der Waals surface area (Å²) < 4.78 is 6.96. The molecule has 0 saturated carbocycles. The number of thioether (sulfide) groups is 1. The zero-order valence-electron chi connectivity index (χ0n) is 19.6. The van der Waals surface area contributed by atoms with Gasteiger partial charge in [0, 0.05) is 41.3 Å². The minimum absolute atomic E-state index is 0.127. The number of esters is 1. The molecule has 4 aromatic rings. The second-order valence-electron chi connectivity index (χ2n) is 8.27. The third-order valence-electron chi connectivity index (χ3n) is 5.87. The van der Waals surface area contributed by atoms with Crippen LogP contribution in [0.4, 0.5) is 5.69 Å². The molecule has 1 amide bonds. The molecule has 36 heavy (non-hydrogen) atoms. The van der Waals surface area contributed by atoms with Gasteiger partial charge in [0.05, 0.1) is 23.3 Å². The van der Waals surface area contributed by atoms with Gasteiger partial charge in [-0.25, -0.2) is 9.79 Å². The fraction of sp³-hybridized carbons (Fsp3) is 0.107. The standard InChI is InChI=1S/C28H22ClN3O3S/c1-31-26(33)25(36-28(31)30-22-7-5-6-19(14-22)27(34)35-2)15-20-17-32(24-9-4-3-8-23(20)24)16-18-10-12-21(29)13-11-18/h3-15,17H,16H2,1-2H3. The van der Waals surface area contributed by atoms with Gasteiger partial charge in [0.15, 0.2) is 5.17 Å². The first kappa shape index (κ1) is 23.9.